The van der Waals surface area contributed by atoms with E-state index in [-0.39, 0.29) is 18.7 Å². The highest BCUT2D eigenvalue weighted by molar-refractivity contribution is 6.30. The summed E-state index contributed by atoms with van der Waals surface area (Å²) in [6.45, 7) is 0.388. The molecule has 4 nitrogen and oxygen atoms in total. The fourth-order valence-corrected chi connectivity index (χ4v) is 1.44. The normalized spacial score (nSPS) is 9.94. The Morgan fingerprint density at radius 3 is 2.47 bits per heavy atom. The fraction of sp³-hybridized carbons (Fsp3) is 0.333. The van der Waals surface area contributed by atoms with Crippen molar-refractivity contribution in [1.82, 2.24) is 5.32 Å². The summed E-state index contributed by atoms with van der Waals surface area (Å²) in [5.74, 6) is -0.963. The van der Waals surface area contributed by atoms with Crippen LogP contribution in [0.2, 0.25) is 5.02 Å². The molecule has 17 heavy (non-hydrogen) atoms. The van der Waals surface area contributed by atoms with E-state index in [9.17, 15) is 9.59 Å². The predicted molar refractivity (Wildman–Crippen MR) is 65.0 cm³/mol. The number of carboxylic acid groups (broad SMARTS) is 1. The second-order valence-electron chi connectivity index (χ2n) is 3.65. The second kappa shape index (κ2) is 6.91. The Morgan fingerprint density at radius 1 is 1.24 bits per heavy atom. The third-order valence-corrected chi connectivity index (χ3v) is 2.42. The van der Waals surface area contributed by atoms with Gasteiger partial charge in [-0.25, -0.2) is 0 Å². The third-order valence-electron chi connectivity index (χ3n) is 2.17. The molecule has 1 rings (SSSR count). The molecule has 92 valence electrons. The van der Waals surface area contributed by atoms with E-state index in [4.69, 9.17) is 16.7 Å². The topological polar surface area (TPSA) is 66.4 Å². The minimum Gasteiger partial charge on any atom is -0.481 e. The van der Waals surface area contributed by atoms with Crippen LogP contribution in [-0.4, -0.2) is 23.5 Å². The Balaban J connectivity index is 2.25. The first-order valence-electron chi connectivity index (χ1n) is 5.31. The van der Waals surface area contributed by atoms with Crippen molar-refractivity contribution in [2.24, 2.45) is 0 Å². The summed E-state index contributed by atoms with van der Waals surface area (Å²) in [6.07, 6.45) is 0.799. The van der Waals surface area contributed by atoms with E-state index < -0.39 is 5.97 Å². The van der Waals surface area contributed by atoms with Crippen molar-refractivity contribution in [2.75, 3.05) is 6.54 Å². The van der Waals surface area contributed by atoms with Crippen LogP contribution in [0.3, 0.4) is 0 Å². The van der Waals surface area contributed by atoms with Gasteiger partial charge in [0.2, 0.25) is 5.91 Å². The largest absolute Gasteiger partial charge is 0.481 e. The van der Waals surface area contributed by atoms with Crippen LogP contribution >= 0.6 is 11.6 Å². The Kier molecular flexibility index (Phi) is 5.49. The van der Waals surface area contributed by atoms with Crippen molar-refractivity contribution >= 4 is 23.5 Å². The summed E-state index contributed by atoms with van der Waals surface area (Å²) in [5, 5.41) is 11.7. The van der Waals surface area contributed by atoms with E-state index in [1.807, 2.05) is 0 Å². The van der Waals surface area contributed by atoms with Gasteiger partial charge in [0.15, 0.2) is 0 Å². The molecule has 1 aromatic rings. The zero-order valence-electron chi connectivity index (χ0n) is 9.28. The molecule has 0 fully saturated rings. The number of rotatable bonds is 6. The zero-order chi connectivity index (χ0) is 12.7. The Labute approximate surface area is 105 Å². The molecule has 0 unspecified atom stereocenters. The van der Waals surface area contributed by atoms with Crippen LogP contribution in [0.15, 0.2) is 24.3 Å². The van der Waals surface area contributed by atoms with Gasteiger partial charge < -0.3 is 10.4 Å². The molecule has 5 heteroatoms. The molecular weight excluding hydrogens is 242 g/mol. The Hall–Kier alpha value is -1.55. The molecule has 0 heterocycles. The van der Waals surface area contributed by atoms with E-state index in [1.165, 1.54) is 0 Å². The number of hydrogen-bond donors (Lipinski definition) is 2. The molecule has 0 radical (unpaired) electrons. The van der Waals surface area contributed by atoms with Crippen molar-refractivity contribution in [1.29, 1.82) is 0 Å². The standard InChI is InChI=1S/C12H14ClNO3/c13-10-5-3-9(4-6-10)8-11(15)14-7-1-2-12(16)17/h3-6H,1-2,7-8H2,(H,14,15)(H,16,17). The van der Waals surface area contributed by atoms with Gasteiger partial charge in [-0.1, -0.05) is 23.7 Å². The van der Waals surface area contributed by atoms with Gasteiger partial charge in [0.25, 0.3) is 0 Å². The van der Waals surface area contributed by atoms with E-state index >= 15 is 0 Å². The molecule has 0 aromatic heterocycles. The number of carbonyl (C=O) groups excluding carboxylic acids is 1. The number of halogens is 1. The third kappa shape index (κ3) is 5.92. The summed E-state index contributed by atoms with van der Waals surface area (Å²) in [5.41, 5.74) is 0.880. The lowest BCUT2D eigenvalue weighted by Crippen LogP contribution is -2.26. The first-order valence-corrected chi connectivity index (χ1v) is 5.68. The number of benzene rings is 1. The number of nitrogens with one attached hydrogen (secondary N) is 1. The van der Waals surface area contributed by atoms with Gasteiger partial charge in [0, 0.05) is 18.0 Å². The molecule has 0 bridgehead atoms. The lowest BCUT2D eigenvalue weighted by atomic mass is 10.1. The number of hydrogen-bond acceptors (Lipinski definition) is 2. The summed E-state index contributed by atoms with van der Waals surface area (Å²) < 4.78 is 0. The van der Waals surface area contributed by atoms with Crippen LogP contribution in [0.25, 0.3) is 0 Å². The number of carboxylic acids is 1. The molecule has 2 N–H and O–H groups in total. The van der Waals surface area contributed by atoms with Gasteiger partial charge in [-0.2, -0.15) is 0 Å². The van der Waals surface area contributed by atoms with Gasteiger partial charge in [-0.15, -0.1) is 0 Å². The van der Waals surface area contributed by atoms with E-state index in [2.05, 4.69) is 5.32 Å². The molecule has 0 saturated carbocycles. The molecule has 1 amide bonds. The van der Waals surface area contributed by atoms with Gasteiger partial charge in [0.05, 0.1) is 6.42 Å². The van der Waals surface area contributed by atoms with Gasteiger partial charge >= 0.3 is 5.97 Å². The van der Waals surface area contributed by atoms with Crippen molar-refractivity contribution in [3.8, 4) is 0 Å². The highest BCUT2D eigenvalue weighted by atomic mass is 35.5. The molecule has 0 spiro atoms. The SMILES string of the molecule is O=C(O)CCCNC(=O)Cc1ccc(Cl)cc1. The molecule has 0 aliphatic rings. The van der Waals surface area contributed by atoms with E-state index in [1.54, 1.807) is 24.3 Å². The van der Waals surface area contributed by atoms with Gasteiger partial charge in [-0.3, -0.25) is 9.59 Å². The first kappa shape index (κ1) is 13.5. The quantitative estimate of drug-likeness (QED) is 0.763. The highest BCUT2D eigenvalue weighted by Crippen LogP contribution is 2.09. The molecule has 1 aromatic carbocycles. The van der Waals surface area contributed by atoms with Crippen LogP contribution in [-0.2, 0) is 16.0 Å². The summed E-state index contributed by atoms with van der Waals surface area (Å²) in [4.78, 5) is 21.7. The van der Waals surface area contributed by atoms with Crippen LogP contribution in [0.4, 0.5) is 0 Å². The van der Waals surface area contributed by atoms with Crippen LogP contribution < -0.4 is 5.32 Å². The maximum Gasteiger partial charge on any atom is 0.303 e. The van der Waals surface area contributed by atoms with Crippen LogP contribution in [0, 0.1) is 0 Å². The van der Waals surface area contributed by atoms with Crippen molar-refractivity contribution in [3.63, 3.8) is 0 Å². The Morgan fingerprint density at radius 2 is 1.88 bits per heavy atom. The summed E-state index contributed by atoms with van der Waals surface area (Å²) >= 11 is 5.72. The van der Waals surface area contributed by atoms with Crippen molar-refractivity contribution in [2.45, 2.75) is 19.3 Å². The minimum atomic E-state index is -0.850. The van der Waals surface area contributed by atoms with E-state index in [0.717, 1.165) is 5.56 Å². The van der Waals surface area contributed by atoms with Crippen molar-refractivity contribution < 1.29 is 14.7 Å². The number of aliphatic carboxylic acids is 1. The lowest BCUT2D eigenvalue weighted by Gasteiger charge is -2.04. The number of amides is 1. The minimum absolute atomic E-state index is 0.0707. The smallest absolute Gasteiger partial charge is 0.303 e. The maximum absolute atomic E-state index is 11.5. The van der Waals surface area contributed by atoms with E-state index in [0.29, 0.717) is 18.0 Å². The average Bonchev–Trinajstić information content (AvgIpc) is 2.27. The predicted octanol–water partition coefficient (Wildman–Crippen LogP) is 1.86. The molecule has 0 aliphatic carbocycles. The highest BCUT2D eigenvalue weighted by Gasteiger charge is 2.03. The fourth-order valence-electron chi connectivity index (χ4n) is 1.32. The molecule has 0 aliphatic heterocycles. The molecule has 0 atom stereocenters. The van der Waals surface area contributed by atoms with Gasteiger partial charge in [-0.05, 0) is 24.1 Å². The lowest BCUT2D eigenvalue weighted by molar-refractivity contribution is -0.137. The summed E-state index contributed by atoms with van der Waals surface area (Å²) in [7, 11) is 0. The second-order valence-corrected chi connectivity index (χ2v) is 4.09. The van der Waals surface area contributed by atoms with Crippen LogP contribution in [0.1, 0.15) is 18.4 Å². The monoisotopic (exact) mass is 255 g/mol. The van der Waals surface area contributed by atoms with Crippen LogP contribution in [0.5, 0.6) is 0 Å². The molecular formula is C12H14ClNO3. The van der Waals surface area contributed by atoms with Gasteiger partial charge in [0.1, 0.15) is 0 Å². The van der Waals surface area contributed by atoms with Crippen molar-refractivity contribution in [3.05, 3.63) is 34.9 Å². The molecule has 0 saturated heterocycles. The first-order chi connectivity index (χ1) is 8.08. The maximum atomic E-state index is 11.5. The zero-order valence-corrected chi connectivity index (χ0v) is 10.0. The average molecular weight is 256 g/mol. The Bertz CT molecular complexity index is 389. The summed E-state index contributed by atoms with van der Waals surface area (Å²) in [6, 6.07) is 7.04. The number of carbonyl (C=O) groups is 2.